The SMILES string of the molecule is CN=C(NCC(C)c1ccsc1)NC1CCN(c2ccccc2)CC1. The summed E-state index contributed by atoms with van der Waals surface area (Å²) >= 11 is 1.76. The van der Waals surface area contributed by atoms with Crippen LogP contribution in [0.5, 0.6) is 0 Å². The first-order valence-corrected chi connectivity index (χ1v) is 10.00. The van der Waals surface area contributed by atoms with Crippen molar-refractivity contribution in [2.24, 2.45) is 4.99 Å². The van der Waals surface area contributed by atoms with Crippen LogP contribution in [0, 0.1) is 0 Å². The topological polar surface area (TPSA) is 39.7 Å². The number of benzene rings is 1. The molecule has 1 saturated heterocycles. The van der Waals surface area contributed by atoms with E-state index in [1.165, 1.54) is 11.3 Å². The van der Waals surface area contributed by atoms with Gasteiger partial charge in [0.15, 0.2) is 5.96 Å². The molecule has 134 valence electrons. The van der Waals surface area contributed by atoms with Gasteiger partial charge in [0.2, 0.25) is 0 Å². The maximum Gasteiger partial charge on any atom is 0.191 e. The Kier molecular flexibility index (Phi) is 6.34. The third kappa shape index (κ3) is 4.98. The molecule has 0 saturated carbocycles. The van der Waals surface area contributed by atoms with Gasteiger partial charge in [-0.05, 0) is 53.3 Å². The van der Waals surface area contributed by atoms with Gasteiger partial charge in [-0.25, -0.2) is 0 Å². The second kappa shape index (κ2) is 8.90. The normalized spacial score (nSPS) is 17.4. The number of para-hydroxylation sites is 1. The Morgan fingerprint density at radius 1 is 1.24 bits per heavy atom. The fraction of sp³-hybridized carbons (Fsp3) is 0.450. The first-order chi connectivity index (χ1) is 12.3. The molecule has 2 heterocycles. The average Bonchev–Trinajstić information content (AvgIpc) is 3.21. The van der Waals surface area contributed by atoms with Crippen molar-refractivity contribution >= 4 is 23.0 Å². The molecular formula is C20H28N4S. The summed E-state index contributed by atoms with van der Waals surface area (Å²) in [6, 6.07) is 13.4. The first-order valence-electron chi connectivity index (χ1n) is 9.05. The summed E-state index contributed by atoms with van der Waals surface area (Å²) in [5.74, 6) is 1.41. The molecule has 2 aromatic rings. The van der Waals surface area contributed by atoms with E-state index in [2.05, 4.69) is 74.6 Å². The molecule has 0 amide bonds. The van der Waals surface area contributed by atoms with E-state index in [0.717, 1.165) is 38.4 Å². The van der Waals surface area contributed by atoms with Crippen LogP contribution in [0.3, 0.4) is 0 Å². The standard InChI is InChI=1S/C20H28N4S/c1-16(17-10-13-25-15-17)14-22-20(21-2)23-18-8-11-24(12-9-18)19-6-4-3-5-7-19/h3-7,10,13,15-16,18H,8-9,11-12,14H2,1-2H3,(H2,21,22,23). The molecular weight excluding hydrogens is 328 g/mol. The number of hydrogen-bond donors (Lipinski definition) is 2. The molecule has 5 heteroatoms. The zero-order chi connectivity index (χ0) is 17.5. The maximum atomic E-state index is 4.40. The predicted octanol–water partition coefficient (Wildman–Crippen LogP) is 3.69. The molecule has 1 aliphatic rings. The summed E-state index contributed by atoms with van der Waals surface area (Å²) in [6.07, 6.45) is 2.27. The van der Waals surface area contributed by atoms with Gasteiger partial charge in [-0.1, -0.05) is 25.1 Å². The third-order valence-corrected chi connectivity index (χ3v) is 5.57. The van der Waals surface area contributed by atoms with Crippen LogP contribution in [0.15, 0.2) is 52.2 Å². The van der Waals surface area contributed by atoms with Crippen LogP contribution in [0.4, 0.5) is 5.69 Å². The molecule has 4 nitrogen and oxygen atoms in total. The molecule has 25 heavy (non-hydrogen) atoms. The van der Waals surface area contributed by atoms with Crippen LogP contribution < -0.4 is 15.5 Å². The van der Waals surface area contributed by atoms with E-state index in [-0.39, 0.29) is 0 Å². The molecule has 0 bridgehead atoms. The first kappa shape index (κ1) is 17.8. The Hall–Kier alpha value is -2.01. The van der Waals surface area contributed by atoms with Crippen LogP contribution in [0.25, 0.3) is 0 Å². The second-order valence-electron chi connectivity index (χ2n) is 6.65. The highest BCUT2D eigenvalue weighted by Crippen LogP contribution is 2.20. The molecule has 1 aromatic carbocycles. The lowest BCUT2D eigenvalue weighted by Gasteiger charge is -2.34. The van der Waals surface area contributed by atoms with Crippen molar-refractivity contribution < 1.29 is 0 Å². The van der Waals surface area contributed by atoms with Gasteiger partial charge in [0.05, 0.1) is 0 Å². The molecule has 0 aliphatic carbocycles. The minimum atomic E-state index is 0.489. The van der Waals surface area contributed by atoms with Crippen molar-refractivity contribution in [3.8, 4) is 0 Å². The fourth-order valence-corrected chi connectivity index (χ4v) is 4.01. The minimum absolute atomic E-state index is 0.489. The molecule has 1 aliphatic heterocycles. The van der Waals surface area contributed by atoms with Gasteiger partial charge in [0.1, 0.15) is 0 Å². The van der Waals surface area contributed by atoms with Gasteiger partial charge in [0, 0.05) is 38.4 Å². The number of piperidine rings is 1. The quantitative estimate of drug-likeness (QED) is 0.634. The Balaban J connectivity index is 1.44. The van der Waals surface area contributed by atoms with Crippen LogP contribution >= 0.6 is 11.3 Å². The Bertz CT molecular complexity index is 646. The van der Waals surface area contributed by atoms with E-state index in [1.807, 2.05) is 7.05 Å². The van der Waals surface area contributed by atoms with Crippen molar-refractivity contribution in [2.45, 2.75) is 31.7 Å². The highest BCUT2D eigenvalue weighted by atomic mass is 32.1. The summed E-state index contributed by atoms with van der Waals surface area (Å²) in [7, 11) is 1.85. The van der Waals surface area contributed by atoms with Gasteiger partial charge < -0.3 is 15.5 Å². The molecule has 1 aromatic heterocycles. The zero-order valence-electron chi connectivity index (χ0n) is 15.1. The molecule has 0 radical (unpaired) electrons. The van der Waals surface area contributed by atoms with Crippen molar-refractivity contribution in [3.63, 3.8) is 0 Å². The Morgan fingerprint density at radius 2 is 2.00 bits per heavy atom. The average molecular weight is 357 g/mol. The van der Waals surface area contributed by atoms with Gasteiger partial charge in [0.25, 0.3) is 0 Å². The fourth-order valence-electron chi connectivity index (χ4n) is 3.23. The summed E-state index contributed by atoms with van der Waals surface area (Å²) < 4.78 is 0. The largest absolute Gasteiger partial charge is 0.371 e. The number of nitrogens with zero attached hydrogens (tertiary/aromatic N) is 2. The van der Waals surface area contributed by atoms with Crippen molar-refractivity contribution in [3.05, 3.63) is 52.7 Å². The molecule has 1 unspecified atom stereocenters. The van der Waals surface area contributed by atoms with Gasteiger partial charge in [-0.3, -0.25) is 4.99 Å². The van der Waals surface area contributed by atoms with Crippen LogP contribution in [-0.2, 0) is 0 Å². The number of anilines is 1. The van der Waals surface area contributed by atoms with Gasteiger partial charge in [-0.15, -0.1) is 0 Å². The molecule has 0 spiro atoms. The molecule has 1 atom stereocenters. The van der Waals surface area contributed by atoms with Gasteiger partial charge in [-0.2, -0.15) is 11.3 Å². The van der Waals surface area contributed by atoms with Crippen LogP contribution in [0.2, 0.25) is 0 Å². The summed E-state index contributed by atoms with van der Waals surface area (Å²) in [4.78, 5) is 6.86. The Morgan fingerprint density at radius 3 is 2.64 bits per heavy atom. The minimum Gasteiger partial charge on any atom is -0.371 e. The van der Waals surface area contributed by atoms with E-state index in [4.69, 9.17) is 0 Å². The number of aliphatic imine (C=N–C) groups is 1. The van der Waals surface area contributed by atoms with E-state index in [0.29, 0.717) is 12.0 Å². The monoisotopic (exact) mass is 356 g/mol. The van der Waals surface area contributed by atoms with E-state index in [1.54, 1.807) is 11.3 Å². The van der Waals surface area contributed by atoms with E-state index < -0.39 is 0 Å². The van der Waals surface area contributed by atoms with Crippen LogP contribution in [-0.4, -0.2) is 38.7 Å². The number of nitrogens with one attached hydrogen (secondary N) is 2. The summed E-state index contributed by atoms with van der Waals surface area (Å²) in [6.45, 7) is 5.33. The van der Waals surface area contributed by atoms with Crippen LogP contribution in [0.1, 0.15) is 31.2 Å². The smallest absolute Gasteiger partial charge is 0.191 e. The summed E-state index contributed by atoms with van der Waals surface area (Å²) in [5.41, 5.74) is 2.72. The highest BCUT2D eigenvalue weighted by Gasteiger charge is 2.20. The summed E-state index contributed by atoms with van der Waals surface area (Å²) in [5, 5.41) is 11.4. The molecule has 2 N–H and O–H groups in total. The maximum absolute atomic E-state index is 4.40. The van der Waals surface area contributed by atoms with Gasteiger partial charge >= 0.3 is 0 Å². The molecule has 3 rings (SSSR count). The van der Waals surface area contributed by atoms with E-state index >= 15 is 0 Å². The number of thiophene rings is 1. The number of guanidine groups is 1. The molecule has 1 fully saturated rings. The van der Waals surface area contributed by atoms with Crippen molar-refractivity contribution in [2.75, 3.05) is 31.6 Å². The number of hydrogen-bond acceptors (Lipinski definition) is 3. The Labute approximate surface area is 155 Å². The second-order valence-corrected chi connectivity index (χ2v) is 7.43. The van der Waals surface area contributed by atoms with Crippen molar-refractivity contribution in [1.82, 2.24) is 10.6 Å². The zero-order valence-corrected chi connectivity index (χ0v) is 15.9. The number of rotatable bonds is 5. The van der Waals surface area contributed by atoms with E-state index in [9.17, 15) is 0 Å². The lowest BCUT2D eigenvalue weighted by atomic mass is 10.0. The van der Waals surface area contributed by atoms with Crippen molar-refractivity contribution in [1.29, 1.82) is 0 Å². The lowest BCUT2D eigenvalue weighted by Crippen LogP contribution is -2.49. The lowest BCUT2D eigenvalue weighted by molar-refractivity contribution is 0.461. The highest BCUT2D eigenvalue weighted by molar-refractivity contribution is 7.07. The third-order valence-electron chi connectivity index (χ3n) is 4.87. The predicted molar refractivity (Wildman–Crippen MR) is 109 cm³/mol.